The fraction of sp³-hybridized carbons (Fsp3) is 0.750. The zero-order chi connectivity index (χ0) is 7.11. The third kappa shape index (κ3) is 4.19. The van der Waals surface area contributed by atoms with Gasteiger partial charge in [-0.3, -0.25) is 0 Å². The van der Waals surface area contributed by atoms with Crippen molar-refractivity contribution >= 4 is 6.21 Å². The van der Waals surface area contributed by atoms with E-state index >= 15 is 0 Å². The molecule has 0 amide bonds. The van der Waals surface area contributed by atoms with Gasteiger partial charge in [-0.2, -0.15) is 0 Å². The molecule has 53 valence electrons. The van der Waals surface area contributed by atoms with Crippen LogP contribution in [0.3, 0.4) is 0 Å². The summed E-state index contributed by atoms with van der Waals surface area (Å²) in [4.78, 5) is 0. The molecule has 0 aromatic rings. The number of nitrogens with one attached hydrogen (secondary N) is 1. The standard InChI is InChI=1S/C8H16N/c1-3-5-8(4-2)6-7-9/h4,7-9H,3,5-6H2,1-2H3. The van der Waals surface area contributed by atoms with E-state index in [2.05, 4.69) is 20.3 Å². The van der Waals surface area contributed by atoms with Crippen LogP contribution >= 0.6 is 0 Å². The molecule has 1 radical (unpaired) electrons. The van der Waals surface area contributed by atoms with Crippen LogP contribution in [0.5, 0.6) is 0 Å². The van der Waals surface area contributed by atoms with Gasteiger partial charge in [-0.25, -0.2) is 0 Å². The molecular formula is C8H16N. The second kappa shape index (κ2) is 5.80. The van der Waals surface area contributed by atoms with Gasteiger partial charge in [0.05, 0.1) is 0 Å². The normalized spacial score (nSPS) is 13.1. The summed E-state index contributed by atoms with van der Waals surface area (Å²) in [6.45, 7) is 4.25. The Hall–Kier alpha value is -0.330. The van der Waals surface area contributed by atoms with Crippen molar-refractivity contribution in [2.24, 2.45) is 5.92 Å². The minimum Gasteiger partial charge on any atom is -0.313 e. The van der Waals surface area contributed by atoms with Crippen LogP contribution in [0.15, 0.2) is 0 Å². The molecule has 0 aromatic carbocycles. The average molecular weight is 126 g/mol. The Morgan fingerprint density at radius 2 is 2.22 bits per heavy atom. The van der Waals surface area contributed by atoms with Crippen LogP contribution in [-0.2, 0) is 0 Å². The lowest BCUT2D eigenvalue weighted by molar-refractivity contribution is 0.567. The van der Waals surface area contributed by atoms with Crippen LogP contribution in [0.4, 0.5) is 0 Å². The first-order valence-electron chi connectivity index (χ1n) is 3.63. The van der Waals surface area contributed by atoms with Gasteiger partial charge in [-0.15, -0.1) is 0 Å². The molecule has 1 heteroatoms. The van der Waals surface area contributed by atoms with Gasteiger partial charge in [0.15, 0.2) is 0 Å². The molecule has 0 spiro atoms. The zero-order valence-corrected chi connectivity index (χ0v) is 6.35. The van der Waals surface area contributed by atoms with Crippen molar-refractivity contribution in [1.29, 1.82) is 5.41 Å². The molecule has 1 N–H and O–H groups in total. The smallest absolute Gasteiger partial charge is 0.00449 e. The summed E-state index contributed by atoms with van der Waals surface area (Å²) in [6, 6.07) is 0. The zero-order valence-electron chi connectivity index (χ0n) is 6.35. The molecule has 0 saturated heterocycles. The lowest BCUT2D eigenvalue weighted by atomic mass is 9.98. The Morgan fingerprint density at radius 3 is 2.56 bits per heavy atom. The number of rotatable bonds is 5. The highest BCUT2D eigenvalue weighted by Gasteiger charge is 2.01. The summed E-state index contributed by atoms with van der Waals surface area (Å²) in [5, 5.41) is 6.87. The van der Waals surface area contributed by atoms with Gasteiger partial charge in [0.2, 0.25) is 0 Å². The van der Waals surface area contributed by atoms with Crippen molar-refractivity contribution < 1.29 is 0 Å². The molecule has 1 nitrogen and oxygen atoms in total. The molecule has 1 atom stereocenters. The summed E-state index contributed by atoms with van der Waals surface area (Å²) >= 11 is 0. The maximum Gasteiger partial charge on any atom is -0.00449 e. The van der Waals surface area contributed by atoms with E-state index in [0.717, 1.165) is 6.42 Å². The topological polar surface area (TPSA) is 23.9 Å². The molecule has 0 bridgehead atoms. The molecule has 0 rings (SSSR count). The van der Waals surface area contributed by atoms with E-state index < -0.39 is 0 Å². The monoisotopic (exact) mass is 126 g/mol. The SMILES string of the molecule is C[CH]C(CC=N)CCC. The molecule has 0 saturated carbocycles. The fourth-order valence-electron chi connectivity index (χ4n) is 0.943. The van der Waals surface area contributed by atoms with E-state index in [1.54, 1.807) is 0 Å². The fourth-order valence-corrected chi connectivity index (χ4v) is 0.943. The van der Waals surface area contributed by atoms with Gasteiger partial charge in [-0.05, 0) is 25.0 Å². The predicted molar refractivity (Wildman–Crippen MR) is 41.8 cm³/mol. The summed E-state index contributed by atoms with van der Waals surface area (Å²) in [5.41, 5.74) is 0. The summed E-state index contributed by atoms with van der Waals surface area (Å²) in [5.74, 6) is 0.646. The summed E-state index contributed by atoms with van der Waals surface area (Å²) in [7, 11) is 0. The highest BCUT2D eigenvalue weighted by atomic mass is 14.3. The first-order chi connectivity index (χ1) is 4.35. The lowest BCUT2D eigenvalue weighted by Crippen LogP contribution is -1.98. The van der Waals surface area contributed by atoms with Crippen molar-refractivity contribution in [2.75, 3.05) is 0 Å². The van der Waals surface area contributed by atoms with Crippen LogP contribution < -0.4 is 0 Å². The number of hydrogen-bond acceptors (Lipinski definition) is 1. The van der Waals surface area contributed by atoms with E-state index in [0.29, 0.717) is 5.92 Å². The largest absolute Gasteiger partial charge is 0.313 e. The molecule has 1 unspecified atom stereocenters. The third-order valence-electron chi connectivity index (χ3n) is 1.55. The van der Waals surface area contributed by atoms with Crippen LogP contribution in [0.25, 0.3) is 0 Å². The number of hydrogen-bond donors (Lipinski definition) is 1. The average Bonchev–Trinajstić information content (AvgIpc) is 1.88. The molecule has 0 heterocycles. The molecule has 9 heavy (non-hydrogen) atoms. The van der Waals surface area contributed by atoms with Crippen molar-refractivity contribution in [3.63, 3.8) is 0 Å². The summed E-state index contributed by atoms with van der Waals surface area (Å²) < 4.78 is 0. The Labute approximate surface area is 58.0 Å². The highest BCUT2D eigenvalue weighted by Crippen LogP contribution is 2.11. The van der Waals surface area contributed by atoms with Crippen molar-refractivity contribution in [3.8, 4) is 0 Å². The minimum atomic E-state index is 0.646. The van der Waals surface area contributed by atoms with Crippen LogP contribution in [0, 0.1) is 17.7 Å². The highest BCUT2D eigenvalue weighted by molar-refractivity contribution is 5.53. The van der Waals surface area contributed by atoms with Gasteiger partial charge in [0.25, 0.3) is 0 Å². The maximum atomic E-state index is 6.87. The van der Waals surface area contributed by atoms with Gasteiger partial charge in [0.1, 0.15) is 0 Å². The molecule has 0 aliphatic rings. The van der Waals surface area contributed by atoms with Crippen molar-refractivity contribution in [2.45, 2.75) is 33.1 Å². The third-order valence-corrected chi connectivity index (χ3v) is 1.55. The maximum absolute atomic E-state index is 6.87. The van der Waals surface area contributed by atoms with E-state index in [1.165, 1.54) is 19.1 Å². The van der Waals surface area contributed by atoms with Crippen molar-refractivity contribution in [1.82, 2.24) is 0 Å². The Bertz CT molecular complexity index is 69.0. The molecule has 0 aliphatic heterocycles. The Kier molecular flexibility index (Phi) is 5.59. The van der Waals surface area contributed by atoms with E-state index in [9.17, 15) is 0 Å². The summed E-state index contributed by atoms with van der Waals surface area (Å²) in [6.07, 6.45) is 7.06. The first kappa shape index (κ1) is 8.67. The van der Waals surface area contributed by atoms with Gasteiger partial charge in [-0.1, -0.05) is 26.7 Å². The Morgan fingerprint density at radius 1 is 1.56 bits per heavy atom. The van der Waals surface area contributed by atoms with Crippen LogP contribution in [0.1, 0.15) is 33.1 Å². The van der Waals surface area contributed by atoms with Crippen molar-refractivity contribution in [3.05, 3.63) is 6.42 Å². The molecule has 0 aliphatic carbocycles. The second-order valence-corrected chi connectivity index (χ2v) is 2.32. The molecular weight excluding hydrogens is 110 g/mol. The van der Waals surface area contributed by atoms with E-state index in [-0.39, 0.29) is 0 Å². The molecule has 0 fully saturated rings. The second-order valence-electron chi connectivity index (χ2n) is 2.32. The molecule has 0 aromatic heterocycles. The van der Waals surface area contributed by atoms with Gasteiger partial charge >= 0.3 is 0 Å². The quantitative estimate of drug-likeness (QED) is 0.548. The van der Waals surface area contributed by atoms with Gasteiger partial charge < -0.3 is 5.41 Å². The Balaban J connectivity index is 3.28. The van der Waals surface area contributed by atoms with Crippen LogP contribution in [0.2, 0.25) is 0 Å². The van der Waals surface area contributed by atoms with Crippen LogP contribution in [-0.4, -0.2) is 6.21 Å². The minimum absolute atomic E-state index is 0.646. The van der Waals surface area contributed by atoms with E-state index in [1.807, 2.05) is 0 Å². The van der Waals surface area contributed by atoms with E-state index in [4.69, 9.17) is 5.41 Å². The van der Waals surface area contributed by atoms with Gasteiger partial charge in [0, 0.05) is 0 Å². The predicted octanol–water partition coefficient (Wildman–Crippen LogP) is 2.67. The first-order valence-corrected chi connectivity index (χ1v) is 3.63. The lowest BCUT2D eigenvalue weighted by Gasteiger charge is -2.08.